The first-order valence-corrected chi connectivity index (χ1v) is 10.9. The zero-order chi connectivity index (χ0) is 20.7. The fraction of sp³-hybridized carbons (Fsp3) is 0.300. The number of nitrogens with one attached hydrogen (secondary N) is 1. The lowest BCUT2D eigenvalue weighted by molar-refractivity contribution is -0.138. The largest absolute Gasteiger partial charge is 0.357 e. The molecule has 2 amide bonds. The lowest BCUT2D eigenvalue weighted by atomic mass is 10.1. The Bertz CT molecular complexity index is 832. The van der Waals surface area contributed by atoms with Gasteiger partial charge in [-0.3, -0.25) is 9.59 Å². The molecule has 4 nitrogen and oxygen atoms in total. The van der Waals surface area contributed by atoms with Gasteiger partial charge in [0, 0.05) is 34.4 Å². The summed E-state index contributed by atoms with van der Waals surface area (Å²) in [6, 6.07) is 11.5. The van der Waals surface area contributed by atoms with Crippen LogP contribution in [0.5, 0.6) is 0 Å². The fourth-order valence-electron chi connectivity index (χ4n) is 2.62. The monoisotopic (exact) mass is 486 g/mol. The van der Waals surface area contributed by atoms with Crippen molar-refractivity contribution in [2.45, 2.75) is 25.3 Å². The van der Waals surface area contributed by atoms with E-state index in [0.717, 1.165) is 10.0 Å². The van der Waals surface area contributed by atoms with E-state index in [-0.39, 0.29) is 23.3 Å². The van der Waals surface area contributed by atoms with Crippen molar-refractivity contribution in [3.05, 3.63) is 68.9 Å². The third-order valence-corrected chi connectivity index (χ3v) is 5.98. The number of hydrogen-bond acceptors (Lipinski definition) is 3. The molecule has 1 N–H and O–H groups in total. The van der Waals surface area contributed by atoms with Gasteiger partial charge in [-0.1, -0.05) is 45.7 Å². The molecule has 0 aromatic heterocycles. The lowest BCUT2D eigenvalue weighted by Gasteiger charge is -2.28. The van der Waals surface area contributed by atoms with Crippen molar-refractivity contribution in [2.24, 2.45) is 0 Å². The number of thioether (sulfide) groups is 1. The van der Waals surface area contributed by atoms with Gasteiger partial charge in [0.05, 0.1) is 5.75 Å². The standard InChI is InChI=1S/C20H21BrClFN2O2S/c1-13(20(27)24-2)25(10-14-5-3-6-15(21)9-14)19(26)12-28-11-16-17(22)7-4-8-18(16)23/h3-9,13H,10-12H2,1-2H3,(H,24,27)/t13-/m1/s1. The van der Waals surface area contributed by atoms with Crippen LogP contribution in [0.1, 0.15) is 18.1 Å². The fourth-order valence-corrected chi connectivity index (χ4v) is 4.31. The molecule has 0 aliphatic heterocycles. The molecule has 0 radical (unpaired) electrons. The average molecular weight is 488 g/mol. The summed E-state index contributed by atoms with van der Waals surface area (Å²) in [5.74, 6) is -0.452. The lowest BCUT2D eigenvalue weighted by Crippen LogP contribution is -2.47. The van der Waals surface area contributed by atoms with Crippen LogP contribution < -0.4 is 5.32 Å². The molecule has 2 aromatic rings. The first kappa shape index (κ1) is 22.7. The van der Waals surface area contributed by atoms with Crippen LogP contribution >= 0.6 is 39.3 Å². The second kappa shape index (κ2) is 10.8. The minimum atomic E-state index is -0.630. The van der Waals surface area contributed by atoms with Gasteiger partial charge in [-0.15, -0.1) is 11.8 Å². The molecule has 8 heteroatoms. The van der Waals surface area contributed by atoms with Crippen LogP contribution in [-0.4, -0.2) is 35.6 Å². The number of halogens is 3. The van der Waals surface area contributed by atoms with Gasteiger partial charge < -0.3 is 10.2 Å². The molecular weight excluding hydrogens is 467 g/mol. The molecule has 28 heavy (non-hydrogen) atoms. The van der Waals surface area contributed by atoms with Gasteiger partial charge in [-0.25, -0.2) is 4.39 Å². The van der Waals surface area contributed by atoms with Gasteiger partial charge >= 0.3 is 0 Å². The van der Waals surface area contributed by atoms with Gasteiger partial charge in [0.1, 0.15) is 11.9 Å². The minimum absolute atomic E-state index is 0.111. The molecule has 0 heterocycles. The number of nitrogens with zero attached hydrogens (tertiary/aromatic N) is 1. The summed E-state index contributed by atoms with van der Waals surface area (Å²) in [6.07, 6.45) is 0. The topological polar surface area (TPSA) is 49.4 Å². The predicted octanol–water partition coefficient (Wildman–Crippen LogP) is 4.64. The SMILES string of the molecule is CNC(=O)[C@@H](C)N(Cc1cccc(Br)c1)C(=O)CSCc1c(F)cccc1Cl. The highest BCUT2D eigenvalue weighted by Gasteiger charge is 2.25. The zero-order valence-corrected chi connectivity index (χ0v) is 18.7. The Kier molecular flexibility index (Phi) is 8.79. The van der Waals surface area contributed by atoms with Crippen LogP contribution in [0.3, 0.4) is 0 Å². The van der Waals surface area contributed by atoms with Gasteiger partial charge in [-0.05, 0) is 36.8 Å². The van der Waals surface area contributed by atoms with E-state index in [9.17, 15) is 14.0 Å². The van der Waals surface area contributed by atoms with Crippen LogP contribution in [0, 0.1) is 5.82 Å². The summed E-state index contributed by atoms with van der Waals surface area (Å²) < 4.78 is 14.8. The molecular formula is C20H21BrClFN2O2S. The number of likely N-dealkylation sites (N-methyl/N-ethyl adjacent to an activating group) is 1. The number of hydrogen-bond donors (Lipinski definition) is 1. The van der Waals surface area contributed by atoms with E-state index >= 15 is 0 Å². The number of amides is 2. The van der Waals surface area contributed by atoms with E-state index < -0.39 is 11.9 Å². The average Bonchev–Trinajstić information content (AvgIpc) is 2.67. The Morgan fingerprint density at radius 2 is 2.00 bits per heavy atom. The van der Waals surface area contributed by atoms with Crippen LogP contribution in [0.2, 0.25) is 5.02 Å². The quantitative estimate of drug-likeness (QED) is 0.590. The molecule has 1 atom stereocenters. The van der Waals surface area contributed by atoms with Crippen molar-refractivity contribution in [3.63, 3.8) is 0 Å². The highest BCUT2D eigenvalue weighted by atomic mass is 79.9. The van der Waals surface area contributed by atoms with E-state index in [1.807, 2.05) is 24.3 Å². The van der Waals surface area contributed by atoms with Gasteiger partial charge in [0.25, 0.3) is 0 Å². The minimum Gasteiger partial charge on any atom is -0.357 e. The Labute approximate surface area is 182 Å². The van der Waals surface area contributed by atoms with E-state index in [1.54, 1.807) is 19.1 Å². The van der Waals surface area contributed by atoms with Crippen molar-refractivity contribution in [1.29, 1.82) is 0 Å². The Hall–Kier alpha value is -1.57. The van der Waals surface area contributed by atoms with Crippen LogP contribution in [-0.2, 0) is 21.9 Å². The van der Waals surface area contributed by atoms with Crippen molar-refractivity contribution < 1.29 is 14.0 Å². The smallest absolute Gasteiger partial charge is 0.242 e. The maximum atomic E-state index is 13.9. The molecule has 2 rings (SSSR count). The first-order valence-electron chi connectivity index (χ1n) is 8.59. The molecule has 0 bridgehead atoms. The van der Waals surface area contributed by atoms with Crippen molar-refractivity contribution in [1.82, 2.24) is 10.2 Å². The van der Waals surface area contributed by atoms with E-state index in [0.29, 0.717) is 17.1 Å². The highest BCUT2D eigenvalue weighted by Crippen LogP contribution is 2.24. The van der Waals surface area contributed by atoms with Crippen LogP contribution in [0.15, 0.2) is 46.9 Å². The summed E-state index contributed by atoms with van der Waals surface area (Å²) >= 11 is 10.7. The maximum Gasteiger partial charge on any atom is 0.242 e. The summed E-state index contributed by atoms with van der Waals surface area (Å²) in [7, 11) is 1.54. The van der Waals surface area contributed by atoms with E-state index in [4.69, 9.17) is 11.6 Å². The Balaban J connectivity index is 2.08. The zero-order valence-electron chi connectivity index (χ0n) is 15.5. The normalized spacial score (nSPS) is 11.8. The van der Waals surface area contributed by atoms with Gasteiger partial charge in [0.15, 0.2) is 0 Å². The van der Waals surface area contributed by atoms with Crippen LogP contribution in [0.25, 0.3) is 0 Å². The van der Waals surface area contributed by atoms with Crippen LogP contribution in [0.4, 0.5) is 4.39 Å². The highest BCUT2D eigenvalue weighted by molar-refractivity contribution is 9.10. The Morgan fingerprint density at radius 1 is 1.29 bits per heavy atom. The number of benzene rings is 2. The molecule has 0 unspecified atom stereocenters. The third kappa shape index (κ3) is 6.22. The van der Waals surface area contributed by atoms with Crippen molar-refractivity contribution >= 4 is 51.1 Å². The number of carbonyl (C=O) groups excluding carboxylic acids is 2. The summed E-state index contributed by atoms with van der Waals surface area (Å²) in [5, 5.41) is 2.92. The summed E-state index contributed by atoms with van der Waals surface area (Å²) in [5.41, 5.74) is 1.28. The molecule has 150 valence electrons. The second-order valence-corrected chi connectivity index (χ2v) is 8.44. The van der Waals surface area contributed by atoms with Gasteiger partial charge in [-0.2, -0.15) is 0 Å². The third-order valence-electron chi connectivity index (χ3n) is 4.19. The molecule has 0 spiro atoms. The molecule has 0 saturated heterocycles. The summed E-state index contributed by atoms with van der Waals surface area (Å²) in [4.78, 5) is 26.5. The van der Waals surface area contributed by atoms with Crippen molar-refractivity contribution in [3.8, 4) is 0 Å². The predicted molar refractivity (Wildman–Crippen MR) is 116 cm³/mol. The maximum absolute atomic E-state index is 13.9. The van der Waals surface area contributed by atoms with E-state index in [1.165, 1.54) is 29.8 Å². The molecule has 0 aliphatic rings. The number of carbonyl (C=O) groups is 2. The molecule has 2 aromatic carbocycles. The molecule has 0 saturated carbocycles. The second-order valence-electron chi connectivity index (χ2n) is 6.13. The molecule has 0 aliphatic carbocycles. The van der Waals surface area contributed by atoms with E-state index in [2.05, 4.69) is 21.2 Å². The van der Waals surface area contributed by atoms with Crippen molar-refractivity contribution in [2.75, 3.05) is 12.8 Å². The first-order chi connectivity index (χ1) is 13.3. The van der Waals surface area contributed by atoms with Gasteiger partial charge in [0.2, 0.25) is 11.8 Å². The molecule has 0 fully saturated rings. The number of rotatable bonds is 8. The Morgan fingerprint density at radius 3 is 2.64 bits per heavy atom. The summed E-state index contributed by atoms with van der Waals surface area (Å²) in [6.45, 7) is 1.99.